The molecule has 1 saturated heterocycles. The molecule has 124 valence electrons. The maximum atomic E-state index is 11.9. The molecule has 0 aromatic heterocycles. The molecule has 0 spiro atoms. The third kappa shape index (κ3) is 1.93. The molecule has 3 nitrogen and oxygen atoms in total. The fourth-order valence-corrected chi connectivity index (χ4v) is 7.07. The minimum Gasteiger partial charge on any atom is -0.393 e. The summed E-state index contributed by atoms with van der Waals surface area (Å²) in [6.45, 7) is 7.26. The molecule has 4 fully saturated rings. The SMILES string of the molecule is CC1CC2NC(=O)CC[C@]2(C)C2CC[C@]3(C)CC(O)CC3C12. The van der Waals surface area contributed by atoms with Gasteiger partial charge in [-0.15, -0.1) is 0 Å². The zero-order chi connectivity index (χ0) is 15.7. The minimum atomic E-state index is -0.0856. The van der Waals surface area contributed by atoms with E-state index in [0.29, 0.717) is 29.7 Å². The molecular weight excluding hydrogens is 274 g/mol. The van der Waals surface area contributed by atoms with Gasteiger partial charge in [0.1, 0.15) is 0 Å². The summed E-state index contributed by atoms with van der Waals surface area (Å²) < 4.78 is 0. The number of aliphatic hydroxyl groups is 1. The standard InChI is InChI=1S/C19H31NO2/c1-11-8-15-19(3,7-5-16(22)20-15)13-4-6-18(2)10-12(21)9-14(18)17(11)13/h11-15,17,21H,4-10H2,1-3H3,(H,20,22)/t11?,12?,13?,14?,15?,17?,18-,19-/m1/s1. The monoisotopic (exact) mass is 305 g/mol. The van der Waals surface area contributed by atoms with Crippen molar-refractivity contribution in [3.8, 4) is 0 Å². The minimum absolute atomic E-state index is 0.0856. The molecular formula is C19H31NO2. The average molecular weight is 305 g/mol. The van der Waals surface area contributed by atoms with Crippen LogP contribution in [0.5, 0.6) is 0 Å². The summed E-state index contributed by atoms with van der Waals surface area (Å²) in [6.07, 6.45) is 7.37. The Balaban J connectivity index is 1.68. The van der Waals surface area contributed by atoms with E-state index in [1.807, 2.05) is 0 Å². The van der Waals surface area contributed by atoms with Crippen molar-refractivity contribution in [1.82, 2.24) is 5.32 Å². The van der Waals surface area contributed by atoms with Gasteiger partial charge in [-0.05, 0) is 73.0 Å². The number of carbonyl (C=O) groups is 1. The molecule has 4 aliphatic rings. The van der Waals surface area contributed by atoms with Crippen LogP contribution < -0.4 is 5.32 Å². The van der Waals surface area contributed by atoms with E-state index < -0.39 is 0 Å². The highest BCUT2D eigenvalue weighted by molar-refractivity contribution is 5.77. The highest BCUT2D eigenvalue weighted by Gasteiger charge is 2.61. The molecule has 0 bridgehead atoms. The van der Waals surface area contributed by atoms with Gasteiger partial charge < -0.3 is 10.4 Å². The van der Waals surface area contributed by atoms with Gasteiger partial charge in [-0.1, -0.05) is 20.8 Å². The van der Waals surface area contributed by atoms with Crippen LogP contribution in [0.3, 0.4) is 0 Å². The van der Waals surface area contributed by atoms with Crippen molar-refractivity contribution in [2.45, 2.75) is 77.9 Å². The number of fused-ring (bicyclic) bond motifs is 5. The lowest BCUT2D eigenvalue weighted by Gasteiger charge is -2.61. The van der Waals surface area contributed by atoms with Crippen molar-refractivity contribution in [2.24, 2.45) is 34.5 Å². The van der Waals surface area contributed by atoms with Crippen molar-refractivity contribution < 1.29 is 9.90 Å². The largest absolute Gasteiger partial charge is 0.393 e. The van der Waals surface area contributed by atoms with Gasteiger partial charge >= 0.3 is 0 Å². The fourth-order valence-electron chi connectivity index (χ4n) is 7.07. The Morgan fingerprint density at radius 2 is 1.95 bits per heavy atom. The molecule has 22 heavy (non-hydrogen) atoms. The second-order valence-corrected chi connectivity index (χ2v) is 9.42. The number of carbonyl (C=O) groups excluding carboxylic acids is 1. The number of aliphatic hydroxyl groups excluding tert-OH is 1. The maximum absolute atomic E-state index is 11.9. The number of rotatable bonds is 0. The molecule has 3 saturated carbocycles. The predicted octanol–water partition coefficient (Wildman–Crippen LogP) is 3.11. The summed E-state index contributed by atoms with van der Waals surface area (Å²) >= 11 is 0. The highest BCUT2D eigenvalue weighted by atomic mass is 16.3. The molecule has 3 aliphatic carbocycles. The van der Waals surface area contributed by atoms with Gasteiger partial charge in [0, 0.05) is 12.5 Å². The lowest BCUT2D eigenvalue weighted by molar-refractivity contribution is -0.141. The first-order chi connectivity index (χ1) is 10.3. The Hall–Kier alpha value is -0.570. The van der Waals surface area contributed by atoms with Gasteiger partial charge in [-0.2, -0.15) is 0 Å². The summed E-state index contributed by atoms with van der Waals surface area (Å²) in [4.78, 5) is 11.9. The zero-order valence-corrected chi connectivity index (χ0v) is 14.3. The van der Waals surface area contributed by atoms with Crippen molar-refractivity contribution in [2.75, 3.05) is 0 Å². The van der Waals surface area contributed by atoms with Gasteiger partial charge in [-0.3, -0.25) is 4.79 Å². The lowest BCUT2D eigenvalue weighted by Crippen LogP contribution is -2.62. The van der Waals surface area contributed by atoms with Crippen LogP contribution in [0.1, 0.15) is 65.7 Å². The smallest absolute Gasteiger partial charge is 0.220 e. The van der Waals surface area contributed by atoms with Gasteiger partial charge in [0.05, 0.1) is 6.10 Å². The van der Waals surface area contributed by atoms with Crippen LogP contribution in [-0.2, 0) is 4.79 Å². The molecule has 1 amide bonds. The van der Waals surface area contributed by atoms with Crippen molar-refractivity contribution in [3.63, 3.8) is 0 Å². The molecule has 0 aromatic rings. The number of amides is 1. The normalized spacial score (nSPS) is 57.5. The van der Waals surface area contributed by atoms with Crippen LogP contribution in [0.15, 0.2) is 0 Å². The van der Waals surface area contributed by atoms with E-state index in [4.69, 9.17) is 0 Å². The molecule has 1 aliphatic heterocycles. The molecule has 6 unspecified atom stereocenters. The van der Waals surface area contributed by atoms with Gasteiger partial charge in [0.25, 0.3) is 0 Å². The predicted molar refractivity (Wildman–Crippen MR) is 86.1 cm³/mol. The topological polar surface area (TPSA) is 49.3 Å². The quantitative estimate of drug-likeness (QED) is 0.722. The van der Waals surface area contributed by atoms with Crippen molar-refractivity contribution in [1.29, 1.82) is 0 Å². The zero-order valence-electron chi connectivity index (χ0n) is 14.3. The molecule has 8 atom stereocenters. The van der Waals surface area contributed by atoms with Gasteiger partial charge in [-0.25, -0.2) is 0 Å². The summed E-state index contributed by atoms with van der Waals surface area (Å²) in [5.41, 5.74) is 0.635. The Morgan fingerprint density at radius 3 is 2.73 bits per heavy atom. The second kappa shape index (κ2) is 4.72. The highest BCUT2D eigenvalue weighted by Crippen LogP contribution is 2.65. The van der Waals surface area contributed by atoms with Crippen LogP contribution in [0, 0.1) is 34.5 Å². The molecule has 3 heteroatoms. The fraction of sp³-hybridized carbons (Fsp3) is 0.947. The maximum Gasteiger partial charge on any atom is 0.220 e. The van der Waals surface area contributed by atoms with E-state index >= 15 is 0 Å². The van der Waals surface area contributed by atoms with E-state index in [1.54, 1.807) is 0 Å². The summed E-state index contributed by atoms with van der Waals surface area (Å²) in [5, 5.41) is 13.6. The van der Waals surface area contributed by atoms with E-state index in [0.717, 1.165) is 37.5 Å². The summed E-state index contributed by atoms with van der Waals surface area (Å²) in [6, 6.07) is 0.376. The van der Waals surface area contributed by atoms with Crippen LogP contribution in [0.4, 0.5) is 0 Å². The van der Waals surface area contributed by atoms with Crippen LogP contribution in [0.25, 0.3) is 0 Å². The second-order valence-electron chi connectivity index (χ2n) is 9.42. The van der Waals surface area contributed by atoms with E-state index in [-0.39, 0.29) is 17.4 Å². The summed E-state index contributed by atoms with van der Waals surface area (Å²) in [7, 11) is 0. The molecule has 1 heterocycles. The first kappa shape index (κ1) is 15.0. The number of hydrogen-bond donors (Lipinski definition) is 2. The average Bonchev–Trinajstić information content (AvgIpc) is 2.75. The molecule has 4 rings (SSSR count). The Bertz CT molecular complexity index is 492. The number of hydrogen-bond acceptors (Lipinski definition) is 2. The molecule has 2 N–H and O–H groups in total. The van der Waals surface area contributed by atoms with Gasteiger partial charge in [0.15, 0.2) is 0 Å². The van der Waals surface area contributed by atoms with E-state index in [1.165, 1.54) is 12.8 Å². The van der Waals surface area contributed by atoms with Crippen molar-refractivity contribution in [3.05, 3.63) is 0 Å². The van der Waals surface area contributed by atoms with Crippen LogP contribution in [-0.4, -0.2) is 23.2 Å². The van der Waals surface area contributed by atoms with Crippen molar-refractivity contribution >= 4 is 5.91 Å². The molecule has 0 radical (unpaired) electrons. The summed E-state index contributed by atoms with van der Waals surface area (Å²) in [5.74, 6) is 3.07. The van der Waals surface area contributed by atoms with Crippen LogP contribution in [0.2, 0.25) is 0 Å². The third-order valence-electron chi connectivity index (χ3n) is 8.21. The van der Waals surface area contributed by atoms with E-state index in [2.05, 4.69) is 26.1 Å². The Labute approximate surface area is 134 Å². The first-order valence-electron chi connectivity index (χ1n) is 9.31. The Kier molecular flexibility index (Phi) is 3.21. The lowest BCUT2D eigenvalue weighted by atomic mass is 9.45. The van der Waals surface area contributed by atoms with Gasteiger partial charge in [0.2, 0.25) is 5.91 Å². The molecule has 0 aromatic carbocycles. The number of nitrogens with one attached hydrogen (secondary N) is 1. The number of piperidine rings is 1. The van der Waals surface area contributed by atoms with Crippen LogP contribution >= 0.6 is 0 Å². The Morgan fingerprint density at radius 1 is 1.18 bits per heavy atom. The van der Waals surface area contributed by atoms with E-state index in [9.17, 15) is 9.90 Å². The third-order valence-corrected chi connectivity index (χ3v) is 8.21. The first-order valence-corrected chi connectivity index (χ1v) is 9.31.